The summed E-state index contributed by atoms with van der Waals surface area (Å²) < 4.78 is 13.0. The standard InChI is InChI=1S/C20H28N4O3/c1-23-11-9-21-19(23)16-27-18-6-4-17(5-7-18)20(25)22-8-2-3-10-24-12-14-26-15-13-24/h4-7,9,11H,2-3,8,10,12-16H2,1H3,(H,22,25). The molecule has 0 atom stereocenters. The van der Waals surface area contributed by atoms with Gasteiger partial charge in [-0.2, -0.15) is 0 Å². The molecule has 7 nitrogen and oxygen atoms in total. The SMILES string of the molecule is Cn1ccnc1COc1ccc(C(=O)NCCCCN2CCOCC2)cc1. The molecule has 0 radical (unpaired) electrons. The summed E-state index contributed by atoms with van der Waals surface area (Å²) in [6.45, 7) is 5.86. The normalized spacial score (nSPS) is 14.9. The molecule has 0 spiro atoms. The van der Waals surface area contributed by atoms with Crippen LogP contribution < -0.4 is 10.1 Å². The number of carbonyl (C=O) groups is 1. The number of nitrogens with one attached hydrogen (secondary N) is 1. The zero-order chi connectivity index (χ0) is 18.9. The van der Waals surface area contributed by atoms with Crippen molar-refractivity contribution in [3.05, 3.63) is 48.0 Å². The second-order valence-electron chi connectivity index (χ2n) is 6.68. The Kier molecular flexibility index (Phi) is 7.24. The average molecular weight is 372 g/mol. The van der Waals surface area contributed by atoms with Gasteiger partial charge in [-0.15, -0.1) is 0 Å². The predicted molar refractivity (Wildman–Crippen MR) is 103 cm³/mol. The molecule has 2 heterocycles. The van der Waals surface area contributed by atoms with Gasteiger partial charge in [0.05, 0.1) is 13.2 Å². The van der Waals surface area contributed by atoms with Gasteiger partial charge in [0.25, 0.3) is 5.91 Å². The maximum atomic E-state index is 12.2. The fraction of sp³-hybridized carbons (Fsp3) is 0.500. The third-order valence-electron chi connectivity index (χ3n) is 4.70. The van der Waals surface area contributed by atoms with Crippen molar-refractivity contribution in [2.45, 2.75) is 19.4 Å². The lowest BCUT2D eigenvalue weighted by atomic mass is 10.2. The Hall–Kier alpha value is -2.38. The lowest BCUT2D eigenvalue weighted by Gasteiger charge is -2.26. The van der Waals surface area contributed by atoms with E-state index in [0.29, 0.717) is 18.7 Å². The summed E-state index contributed by atoms with van der Waals surface area (Å²) in [5.74, 6) is 1.53. The molecule has 0 unspecified atom stereocenters. The molecule has 3 rings (SSSR count). The number of benzene rings is 1. The molecular weight excluding hydrogens is 344 g/mol. The van der Waals surface area contributed by atoms with Gasteiger partial charge in [0.15, 0.2) is 0 Å². The van der Waals surface area contributed by atoms with Gasteiger partial charge in [0, 0.05) is 44.6 Å². The first-order valence-corrected chi connectivity index (χ1v) is 9.50. The highest BCUT2D eigenvalue weighted by molar-refractivity contribution is 5.94. The minimum atomic E-state index is -0.0444. The third kappa shape index (κ3) is 6.08. The van der Waals surface area contributed by atoms with E-state index in [1.165, 1.54) is 0 Å². The fourth-order valence-electron chi connectivity index (χ4n) is 2.98. The molecule has 1 N–H and O–H groups in total. The van der Waals surface area contributed by atoms with E-state index < -0.39 is 0 Å². The molecule has 146 valence electrons. The van der Waals surface area contributed by atoms with E-state index in [1.807, 2.05) is 29.9 Å². The van der Waals surface area contributed by atoms with Crippen molar-refractivity contribution in [3.8, 4) is 5.75 Å². The molecule has 1 aliphatic rings. The number of aryl methyl sites for hydroxylation is 1. The largest absolute Gasteiger partial charge is 0.486 e. The summed E-state index contributed by atoms with van der Waals surface area (Å²) >= 11 is 0. The Morgan fingerprint density at radius 3 is 2.70 bits per heavy atom. The van der Waals surface area contributed by atoms with E-state index in [4.69, 9.17) is 9.47 Å². The van der Waals surface area contributed by atoms with Crippen LogP contribution in [0.3, 0.4) is 0 Å². The van der Waals surface area contributed by atoms with Gasteiger partial charge < -0.3 is 19.4 Å². The van der Waals surface area contributed by atoms with Crippen molar-refractivity contribution in [1.82, 2.24) is 19.8 Å². The summed E-state index contributed by atoms with van der Waals surface area (Å²) in [4.78, 5) is 18.8. The number of rotatable bonds is 9. The monoisotopic (exact) mass is 372 g/mol. The van der Waals surface area contributed by atoms with Crippen molar-refractivity contribution in [2.75, 3.05) is 39.4 Å². The second kappa shape index (κ2) is 10.1. The molecule has 2 aromatic rings. The summed E-state index contributed by atoms with van der Waals surface area (Å²) in [6.07, 6.45) is 5.69. The van der Waals surface area contributed by atoms with Gasteiger partial charge in [0.1, 0.15) is 18.2 Å². The van der Waals surface area contributed by atoms with E-state index in [9.17, 15) is 4.79 Å². The predicted octanol–water partition coefficient (Wildman–Crippen LogP) is 1.84. The molecule has 1 aromatic carbocycles. The first-order chi connectivity index (χ1) is 13.2. The van der Waals surface area contributed by atoms with Crippen LogP contribution in [0.15, 0.2) is 36.7 Å². The minimum absolute atomic E-state index is 0.0444. The van der Waals surface area contributed by atoms with Gasteiger partial charge in [0.2, 0.25) is 0 Å². The van der Waals surface area contributed by atoms with Crippen LogP contribution >= 0.6 is 0 Å². The van der Waals surface area contributed by atoms with Crippen LogP contribution in [0.5, 0.6) is 5.75 Å². The van der Waals surface area contributed by atoms with E-state index in [2.05, 4.69) is 15.2 Å². The highest BCUT2D eigenvalue weighted by Crippen LogP contribution is 2.14. The van der Waals surface area contributed by atoms with Crippen molar-refractivity contribution in [2.24, 2.45) is 7.05 Å². The quantitative estimate of drug-likeness (QED) is 0.681. The number of ether oxygens (including phenoxy) is 2. The molecule has 1 saturated heterocycles. The van der Waals surface area contributed by atoms with Gasteiger partial charge in [-0.3, -0.25) is 9.69 Å². The minimum Gasteiger partial charge on any atom is -0.486 e. The molecule has 0 saturated carbocycles. The first kappa shape index (κ1) is 19.4. The van der Waals surface area contributed by atoms with Gasteiger partial charge in [-0.1, -0.05) is 0 Å². The van der Waals surface area contributed by atoms with E-state index in [0.717, 1.165) is 57.3 Å². The number of imidazole rings is 1. The molecule has 0 aliphatic carbocycles. The van der Waals surface area contributed by atoms with Crippen molar-refractivity contribution < 1.29 is 14.3 Å². The Bertz CT molecular complexity index is 708. The summed E-state index contributed by atoms with van der Waals surface area (Å²) in [6, 6.07) is 7.21. The fourth-order valence-corrected chi connectivity index (χ4v) is 2.98. The molecule has 7 heteroatoms. The molecular formula is C20H28N4O3. The topological polar surface area (TPSA) is 68.6 Å². The van der Waals surface area contributed by atoms with E-state index >= 15 is 0 Å². The third-order valence-corrected chi connectivity index (χ3v) is 4.70. The maximum Gasteiger partial charge on any atom is 0.251 e. The molecule has 1 aromatic heterocycles. The number of carbonyl (C=O) groups excluding carboxylic acids is 1. The molecule has 1 amide bonds. The van der Waals surface area contributed by atoms with Crippen molar-refractivity contribution in [1.29, 1.82) is 0 Å². The average Bonchev–Trinajstić information content (AvgIpc) is 3.12. The first-order valence-electron chi connectivity index (χ1n) is 9.50. The lowest BCUT2D eigenvalue weighted by Crippen LogP contribution is -2.37. The molecule has 1 fully saturated rings. The number of morpholine rings is 1. The van der Waals surface area contributed by atoms with Crippen LogP contribution in [0, 0.1) is 0 Å². The van der Waals surface area contributed by atoms with Gasteiger partial charge in [-0.25, -0.2) is 4.98 Å². The zero-order valence-electron chi connectivity index (χ0n) is 15.9. The highest BCUT2D eigenvalue weighted by Gasteiger charge is 2.10. The van der Waals surface area contributed by atoms with Crippen LogP contribution in [-0.2, 0) is 18.4 Å². The molecule has 0 bridgehead atoms. The van der Waals surface area contributed by atoms with E-state index in [-0.39, 0.29) is 5.91 Å². The second-order valence-corrected chi connectivity index (χ2v) is 6.68. The number of hydrogen-bond acceptors (Lipinski definition) is 5. The number of amides is 1. The van der Waals surface area contributed by atoms with Crippen LogP contribution in [0.4, 0.5) is 0 Å². The Labute approximate surface area is 160 Å². The number of hydrogen-bond donors (Lipinski definition) is 1. The molecule has 1 aliphatic heterocycles. The Morgan fingerprint density at radius 2 is 2.00 bits per heavy atom. The van der Waals surface area contributed by atoms with E-state index in [1.54, 1.807) is 18.3 Å². The lowest BCUT2D eigenvalue weighted by molar-refractivity contribution is 0.0372. The van der Waals surface area contributed by atoms with Crippen LogP contribution in [-0.4, -0.2) is 59.8 Å². The number of aromatic nitrogens is 2. The smallest absolute Gasteiger partial charge is 0.251 e. The molecule has 27 heavy (non-hydrogen) atoms. The number of unbranched alkanes of at least 4 members (excludes halogenated alkanes) is 1. The zero-order valence-corrected chi connectivity index (χ0v) is 15.9. The van der Waals surface area contributed by atoms with Gasteiger partial charge in [-0.05, 0) is 43.7 Å². The highest BCUT2D eigenvalue weighted by atomic mass is 16.5. The summed E-state index contributed by atoms with van der Waals surface area (Å²) in [5, 5.41) is 2.98. The maximum absolute atomic E-state index is 12.2. The van der Waals surface area contributed by atoms with Crippen molar-refractivity contribution >= 4 is 5.91 Å². The van der Waals surface area contributed by atoms with Crippen molar-refractivity contribution in [3.63, 3.8) is 0 Å². The van der Waals surface area contributed by atoms with Crippen LogP contribution in [0.2, 0.25) is 0 Å². The van der Waals surface area contributed by atoms with Crippen LogP contribution in [0.25, 0.3) is 0 Å². The van der Waals surface area contributed by atoms with Crippen LogP contribution in [0.1, 0.15) is 29.0 Å². The summed E-state index contributed by atoms with van der Waals surface area (Å²) in [7, 11) is 1.93. The number of nitrogens with zero attached hydrogens (tertiary/aromatic N) is 3. The Balaban J connectivity index is 1.34. The Morgan fingerprint density at radius 1 is 1.22 bits per heavy atom. The summed E-state index contributed by atoms with van der Waals surface area (Å²) in [5.41, 5.74) is 0.646. The van der Waals surface area contributed by atoms with Gasteiger partial charge >= 0.3 is 0 Å².